The molecule has 3 aliphatic heterocycles. The van der Waals surface area contributed by atoms with Gasteiger partial charge in [-0.15, -0.1) is 11.3 Å². The third kappa shape index (κ3) is 3.93. The average molecular weight is 531 g/mol. The van der Waals surface area contributed by atoms with Gasteiger partial charge in [0.05, 0.1) is 18.9 Å². The minimum absolute atomic E-state index is 0.0224. The third-order valence-electron chi connectivity index (χ3n) is 5.56. The molecule has 3 saturated heterocycles. The maximum Gasteiger partial charge on any atom is 0.371 e. The van der Waals surface area contributed by atoms with Gasteiger partial charge in [0.1, 0.15) is 11.4 Å². The number of carboxylic acids is 2. The number of thiazole rings is 1. The van der Waals surface area contributed by atoms with Crippen LogP contribution in [0.2, 0.25) is 0 Å². The molecule has 0 radical (unpaired) electrons. The topological polar surface area (TPSA) is 254 Å². The summed E-state index contributed by atoms with van der Waals surface area (Å²) in [5.74, 6) is -7.40. The lowest BCUT2D eigenvalue weighted by Gasteiger charge is -2.55. The van der Waals surface area contributed by atoms with Gasteiger partial charge in [-0.25, -0.2) is 19.5 Å². The van der Waals surface area contributed by atoms with Crippen LogP contribution in [0.15, 0.2) is 10.5 Å². The van der Waals surface area contributed by atoms with E-state index in [1.807, 2.05) is 0 Å². The van der Waals surface area contributed by atoms with E-state index in [0.29, 0.717) is 4.90 Å². The Hall–Kier alpha value is -3.48. The molecular weight excluding hydrogens is 514 g/mol. The molecule has 3 aliphatic rings. The number of aliphatic hydroxyl groups excluding tert-OH is 1. The summed E-state index contributed by atoms with van der Waals surface area (Å²) < 4.78 is 17.8. The van der Waals surface area contributed by atoms with E-state index in [4.69, 9.17) is 25.5 Å². The van der Waals surface area contributed by atoms with Gasteiger partial charge in [-0.1, -0.05) is 5.16 Å². The lowest BCUT2D eigenvalue weighted by molar-refractivity contribution is -0.216. The van der Waals surface area contributed by atoms with Crippen LogP contribution in [0.5, 0.6) is 0 Å². The van der Waals surface area contributed by atoms with E-state index in [1.165, 1.54) is 5.38 Å². The molecule has 0 bridgehead atoms. The van der Waals surface area contributed by atoms with Crippen LogP contribution in [-0.4, -0.2) is 101 Å². The monoisotopic (exact) mass is 531 g/mol. The molecule has 0 unspecified atom stereocenters. The number of aromatic nitrogens is 1. The Morgan fingerprint density at radius 3 is 2.74 bits per heavy atom. The van der Waals surface area contributed by atoms with Gasteiger partial charge in [0, 0.05) is 5.38 Å². The molecule has 4 heterocycles. The first-order valence-corrected chi connectivity index (χ1v) is 12.0. The van der Waals surface area contributed by atoms with Crippen LogP contribution in [0.3, 0.4) is 0 Å². The van der Waals surface area contributed by atoms with Crippen molar-refractivity contribution < 1.29 is 53.4 Å². The summed E-state index contributed by atoms with van der Waals surface area (Å²) in [6, 6.07) is -1.48. The number of anilines is 1. The maximum atomic E-state index is 13.0. The Balaban J connectivity index is 1.59. The summed E-state index contributed by atoms with van der Waals surface area (Å²) in [5, 5.41) is 33.6. The molecule has 0 saturated carbocycles. The quantitative estimate of drug-likeness (QED) is 0.0723. The Kier molecular flexibility index (Phi) is 6.30. The van der Waals surface area contributed by atoms with E-state index in [-0.39, 0.29) is 23.0 Å². The molecule has 3 fully saturated rings. The number of ether oxygens (including phenoxy) is 1. The predicted octanol–water partition coefficient (Wildman–Crippen LogP) is -3.35. The molecule has 4 rings (SSSR count). The standard InChI is InChI=1S/C17H17N5O11S2/c18-16-19-6(3-34-16)9(21-33-7(2-23)14(27)28)11(25)20-10-12(26)22-13(10)35(31)4-5-1-8(24)32-17(5,22)15(29)30/h3,5,7,10,13,23H,1-2,4H2,(H2,18,19)(H,20,25)(H,27,28)(H,29,30)/b21-9-/t5-,7-,10+,13+,17+,35-/m0/s1. The predicted molar refractivity (Wildman–Crippen MR) is 113 cm³/mol. The fourth-order valence-electron chi connectivity index (χ4n) is 3.98. The number of nitrogens with one attached hydrogen (secondary N) is 1. The highest BCUT2D eigenvalue weighted by Gasteiger charge is 2.76. The number of nitrogen functional groups attached to an aromatic ring is 1. The number of aliphatic carboxylic acids is 2. The van der Waals surface area contributed by atoms with Crippen molar-refractivity contribution in [3.63, 3.8) is 0 Å². The lowest BCUT2D eigenvalue weighted by atomic mass is 9.89. The summed E-state index contributed by atoms with van der Waals surface area (Å²) in [7, 11) is 0. The second kappa shape index (κ2) is 8.95. The van der Waals surface area contributed by atoms with Gasteiger partial charge in [-0.2, -0.15) is 0 Å². The molecule has 188 valence electrons. The molecule has 0 spiro atoms. The van der Waals surface area contributed by atoms with Crippen LogP contribution in [0, 0.1) is 5.92 Å². The van der Waals surface area contributed by atoms with Crippen molar-refractivity contribution in [2.45, 2.75) is 29.7 Å². The molecule has 6 atom stereocenters. The number of β-lactam (4-membered cyclic amide) rings is 1. The van der Waals surface area contributed by atoms with Crippen molar-refractivity contribution in [3.05, 3.63) is 11.1 Å². The highest BCUT2D eigenvalue weighted by Crippen LogP contribution is 2.48. The van der Waals surface area contributed by atoms with E-state index < -0.39 is 82.4 Å². The third-order valence-corrected chi connectivity index (χ3v) is 7.98. The molecule has 0 aromatic carbocycles. The molecule has 2 amide bonds. The number of carbonyl (C=O) groups excluding carboxylic acids is 3. The number of nitrogens with two attached hydrogens (primary N) is 1. The van der Waals surface area contributed by atoms with Crippen LogP contribution >= 0.6 is 11.3 Å². The molecule has 35 heavy (non-hydrogen) atoms. The molecule has 1 aromatic heterocycles. The van der Waals surface area contributed by atoms with E-state index in [2.05, 4.69) is 15.5 Å². The summed E-state index contributed by atoms with van der Waals surface area (Å²) in [4.78, 5) is 70.0. The zero-order valence-corrected chi connectivity index (χ0v) is 19.0. The lowest BCUT2D eigenvalue weighted by Crippen LogP contribution is -2.84. The molecule has 0 aliphatic carbocycles. The second-order valence-electron chi connectivity index (χ2n) is 7.60. The Morgan fingerprint density at radius 2 is 2.17 bits per heavy atom. The van der Waals surface area contributed by atoms with Gasteiger partial charge in [0.2, 0.25) is 11.5 Å². The fraction of sp³-hybridized carbons (Fsp3) is 0.471. The number of hydrogen-bond donors (Lipinski definition) is 5. The minimum Gasteiger partial charge on any atom is -0.615 e. The SMILES string of the molecule is Nc1nc(/C(=N/O[C@@H](CO)C(=O)O)C(=O)N[C@@H]2C(=O)N3[C@@H]2[S@@+]([O-])C[C@@H]2CC(=O)O[C@@]23C(=O)O)cs1. The fourth-order valence-corrected chi connectivity index (χ4v) is 6.45. The largest absolute Gasteiger partial charge is 0.615 e. The first kappa shape index (κ1) is 24.6. The summed E-state index contributed by atoms with van der Waals surface area (Å²) in [6.45, 7) is -0.971. The first-order chi connectivity index (χ1) is 16.5. The molecule has 1 aromatic rings. The number of nitrogens with zero attached hydrogens (tertiary/aromatic N) is 3. The summed E-state index contributed by atoms with van der Waals surface area (Å²) >= 11 is -0.942. The molecule has 16 nitrogen and oxygen atoms in total. The second-order valence-corrected chi connectivity index (χ2v) is 10.1. The van der Waals surface area contributed by atoms with E-state index >= 15 is 0 Å². The number of oxime groups is 1. The highest BCUT2D eigenvalue weighted by atomic mass is 32.2. The number of fused-ring (bicyclic) bond motifs is 3. The van der Waals surface area contributed by atoms with Crippen LogP contribution in [0.4, 0.5) is 5.13 Å². The van der Waals surface area contributed by atoms with Crippen molar-refractivity contribution >= 4 is 63.1 Å². The smallest absolute Gasteiger partial charge is 0.371 e. The normalized spacial score (nSPS) is 30.5. The zero-order chi connectivity index (χ0) is 25.7. The van der Waals surface area contributed by atoms with E-state index in [0.717, 1.165) is 11.3 Å². The Bertz CT molecular complexity index is 1140. The van der Waals surface area contributed by atoms with Crippen molar-refractivity contribution in [2.24, 2.45) is 11.1 Å². The van der Waals surface area contributed by atoms with Gasteiger partial charge in [0.15, 0.2) is 16.9 Å². The zero-order valence-electron chi connectivity index (χ0n) is 17.4. The Morgan fingerprint density at radius 1 is 1.46 bits per heavy atom. The molecule has 18 heteroatoms. The highest BCUT2D eigenvalue weighted by molar-refractivity contribution is 7.92. The number of carboxylic acid groups (broad SMARTS) is 2. The average Bonchev–Trinajstić information content (AvgIpc) is 3.35. The number of aliphatic hydroxyl groups is 1. The van der Waals surface area contributed by atoms with Crippen LogP contribution in [-0.2, 0) is 44.7 Å². The number of amides is 2. The minimum atomic E-state index is -2.33. The van der Waals surface area contributed by atoms with Crippen molar-refractivity contribution in [1.29, 1.82) is 0 Å². The van der Waals surface area contributed by atoms with Gasteiger partial charge in [-0.3, -0.25) is 14.4 Å². The maximum absolute atomic E-state index is 13.0. The van der Waals surface area contributed by atoms with Gasteiger partial charge >= 0.3 is 17.9 Å². The number of rotatable bonds is 8. The van der Waals surface area contributed by atoms with Crippen LogP contribution in [0.25, 0.3) is 0 Å². The van der Waals surface area contributed by atoms with Crippen LogP contribution < -0.4 is 11.1 Å². The summed E-state index contributed by atoms with van der Waals surface area (Å²) in [5.41, 5.74) is 2.48. The van der Waals surface area contributed by atoms with Gasteiger partial charge in [0.25, 0.3) is 17.5 Å². The van der Waals surface area contributed by atoms with Crippen molar-refractivity contribution in [1.82, 2.24) is 15.2 Å². The number of hydrogen-bond acceptors (Lipinski definition) is 13. The van der Waals surface area contributed by atoms with Crippen LogP contribution in [0.1, 0.15) is 12.1 Å². The van der Waals surface area contributed by atoms with Crippen molar-refractivity contribution in [3.8, 4) is 0 Å². The number of esters is 1. The van der Waals surface area contributed by atoms with E-state index in [1.54, 1.807) is 0 Å². The van der Waals surface area contributed by atoms with Gasteiger partial charge < -0.3 is 40.5 Å². The molecular formula is C17H17N5O11S2. The first-order valence-electron chi connectivity index (χ1n) is 9.76. The van der Waals surface area contributed by atoms with E-state index in [9.17, 15) is 33.6 Å². The van der Waals surface area contributed by atoms with Gasteiger partial charge in [-0.05, 0) is 11.2 Å². The Labute approximate surface area is 201 Å². The number of carbonyl (C=O) groups is 5. The summed E-state index contributed by atoms with van der Waals surface area (Å²) in [6.07, 6.45) is -2.15. The van der Waals surface area contributed by atoms with Crippen molar-refractivity contribution in [2.75, 3.05) is 18.1 Å². The molecule has 6 N–H and O–H groups in total.